The van der Waals surface area contributed by atoms with Crippen molar-refractivity contribution in [2.45, 2.75) is 122 Å². The van der Waals surface area contributed by atoms with Crippen LogP contribution in [0.25, 0.3) is 0 Å². The molecule has 11 atom stereocenters. The molecule has 2 saturated carbocycles. The fourth-order valence-electron chi connectivity index (χ4n) is 9.51. The summed E-state index contributed by atoms with van der Waals surface area (Å²) >= 11 is 1.30. The van der Waals surface area contributed by atoms with Crippen molar-refractivity contribution in [3.05, 3.63) is 69.4 Å². The highest BCUT2D eigenvalue weighted by Gasteiger charge is 2.78. The van der Waals surface area contributed by atoms with Gasteiger partial charge in [-0.3, -0.25) is 14.4 Å². The van der Waals surface area contributed by atoms with Gasteiger partial charge >= 0.3 is 17.9 Å². The number of aliphatic hydroxyl groups excluding tert-OH is 3. The van der Waals surface area contributed by atoms with Crippen molar-refractivity contribution >= 4 is 40.9 Å². The summed E-state index contributed by atoms with van der Waals surface area (Å²) in [6.07, 6.45) is -10.3. The number of fused-ring (bicyclic) bond motifs is 5. The number of rotatable bonds is 8. The van der Waals surface area contributed by atoms with E-state index in [2.05, 4.69) is 5.32 Å². The number of Topliss-reactive ketones (excluding diaryl/α,β-unsaturated/α-hetero) is 1. The van der Waals surface area contributed by atoms with Crippen LogP contribution in [0.2, 0.25) is 0 Å². The molecule has 2 aromatic rings. The number of amides is 1. The number of benzene rings is 1. The number of aliphatic hydroxyl groups is 4. The molecule has 1 saturated heterocycles. The van der Waals surface area contributed by atoms with Gasteiger partial charge in [0.1, 0.15) is 30.0 Å². The van der Waals surface area contributed by atoms with Gasteiger partial charge in [0.25, 0.3) is 5.91 Å². The van der Waals surface area contributed by atoms with Gasteiger partial charge in [-0.25, -0.2) is 9.59 Å². The molecule has 1 amide bonds. The molecule has 15 heteroatoms. The third-order valence-electron chi connectivity index (χ3n) is 12.7. The van der Waals surface area contributed by atoms with Crippen molar-refractivity contribution in [1.29, 1.82) is 0 Å². The Labute approximate surface area is 329 Å². The second kappa shape index (κ2) is 14.4. The first-order valence-electron chi connectivity index (χ1n) is 18.6. The molecule has 56 heavy (non-hydrogen) atoms. The molecule has 1 aromatic heterocycles. The van der Waals surface area contributed by atoms with E-state index in [0.29, 0.717) is 5.56 Å². The van der Waals surface area contributed by atoms with Crippen LogP contribution in [0.4, 0.5) is 0 Å². The third-order valence-corrected chi connectivity index (χ3v) is 13.4. The molecule has 1 aromatic carbocycles. The van der Waals surface area contributed by atoms with E-state index < -0.39 is 112 Å². The number of hydrogen-bond donors (Lipinski definition) is 5. The van der Waals surface area contributed by atoms with Gasteiger partial charge in [-0.2, -0.15) is 11.3 Å². The first-order valence-corrected chi connectivity index (χ1v) is 19.6. The van der Waals surface area contributed by atoms with Crippen molar-refractivity contribution in [2.75, 3.05) is 6.61 Å². The maximum Gasteiger partial charge on any atom is 0.338 e. The van der Waals surface area contributed by atoms with Crippen molar-refractivity contribution in [1.82, 2.24) is 5.32 Å². The quantitative estimate of drug-likeness (QED) is 0.148. The van der Waals surface area contributed by atoms with Crippen LogP contribution in [-0.2, 0) is 33.3 Å². The first kappa shape index (κ1) is 41.6. The number of ketones is 1. The van der Waals surface area contributed by atoms with Crippen LogP contribution in [-0.4, -0.2) is 110 Å². The smallest absolute Gasteiger partial charge is 0.338 e. The fourth-order valence-corrected chi connectivity index (χ4v) is 10.1. The fraction of sp³-hybridized carbons (Fsp3) is 0.585. The zero-order chi connectivity index (χ0) is 41.3. The number of thiophene rings is 1. The SMILES string of the molecule is CC(=O)O[C@@]12CO[C@@H]1C[C@H](O)[C@@]1(C)C(=O)[C@H](O)C3=C(C)[C@@H](OC(=O)[C@H](O)[C@@H](NC(=O)c4ccsc4)C(C)(C)C)C[C@@](O)([C@@H](OC(=O)c4ccccc4)[C@H]21)C3(C)C. The average molecular weight is 798 g/mol. The molecular formula is C41H51NO13S. The maximum atomic E-state index is 14.9. The number of nitrogens with one attached hydrogen (secondary N) is 1. The molecule has 2 heterocycles. The molecule has 2 bridgehead atoms. The van der Waals surface area contributed by atoms with E-state index in [1.807, 2.05) is 0 Å². The van der Waals surface area contributed by atoms with Crippen LogP contribution in [0.1, 0.15) is 88.9 Å². The van der Waals surface area contributed by atoms with Crippen LogP contribution < -0.4 is 5.32 Å². The Morgan fingerprint density at radius 1 is 1.02 bits per heavy atom. The van der Waals surface area contributed by atoms with Gasteiger partial charge in [-0.15, -0.1) is 0 Å². The zero-order valence-corrected chi connectivity index (χ0v) is 33.5. The Kier molecular flexibility index (Phi) is 10.7. The summed E-state index contributed by atoms with van der Waals surface area (Å²) < 4.78 is 24.1. The monoisotopic (exact) mass is 797 g/mol. The molecule has 14 nitrogen and oxygen atoms in total. The normalized spacial score (nSPS) is 34.6. The number of esters is 3. The molecule has 0 radical (unpaired) electrons. The largest absolute Gasteiger partial charge is 0.456 e. The summed E-state index contributed by atoms with van der Waals surface area (Å²) in [4.78, 5) is 68.9. The third kappa shape index (κ3) is 6.49. The molecule has 0 spiro atoms. The molecule has 304 valence electrons. The summed E-state index contributed by atoms with van der Waals surface area (Å²) in [5, 5.41) is 55.0. The second-order valence-electron chi connectivity index (χ2n) is 17.4. The summed E-state index contributed by atoms with van der Waals surface area (Å²) in [5.74, 6) is -5.75. The van der Waals surface area contributed by atoms with E-state index >= 15 is 0 Å². The van der Waals surface area contributed by atoms with Gasteiger partial charge in [-0.1, -0.05) is 52.8 Å². The average Bonchev–Trinajstić information content (AvgIpc) is 3.67. The van der Waals surface area contributed by atoms with E-state index in [1.165, 1.54) is 37.3 Å². The standard InChI is InChI=1S/C41H51NO13S/c1-20-24(53-36(50)29(46)31(37(3,4)5)42-34(48)23-14-15-56-18-23)17-41(51)33(54-35(49)22-12-10-9-11-13-22)30-39(8,32(47)28(45)27(20)38(41,6)7)25(44)16-26-40(30,19-52-26)55-21(2)43/h9-15,18,24-26,28-31,33,44-46,51H,16-17,19H2,1-8H3,(H,42,48)/t24-,25-,26+,28+,29+,30-,31+,33-,39+,40-,41+/m0/s1. The molecule has 0 unspecified atom stereocenters. The van der Waals surface area contributed by atoms with E-state index in [1.54, 1.807) is 69.6 Å². The summed E-state index contributed by atoms with van der Waals surface area (Å²) in [6, 6.07) is 8.34. The van der Waals surface area contributed by atoms with Crippen molar-refractivity contribution in [2.24, 2.45) is 22.2 Å². The highest BCUT2D eigenvalue weighted by Crippen LogP contribution is 2.64. The summed E-state index contributed by atoms with van der Waals surface area (Å²) in [5.41, 5.74) is -7.92. The highest BCUT2D eigenvalue weighted by atomic mass is 32.1. The Hall–Kier alpha value is -3.99. The van der Waals surface area contributed by atoms with Gasteiger partial charge in [0.15, 0.2) is 17.5 Å². The van der Waals surface area contributed by atoms with Crippen molar-refractivity contribution < 1.29 is 63.3 Å². The minimum atomic E-state index is -2.32. The van der Waals surface area contributed by atoms with Crippen molar-refractivity contribution in [3.8, 4) is 0 Å². The second-order valence-corrected chi connectivity index (χ2v) is 18.1. The predicted octanol–water partition coefficient (Wildman–Crippen LogP) is 2.90. The van der Waals surface area contributed by atoms with E-state index in [0.717, 1.165) is 6.92 Å². The number of carbonyl (C=O) groups excluding carboxylic acids is 5. The minimum absolute atomic E-state index is 0.0390. The van der Waals surface area contributed by atoms with E-state index in [9.17, 15) is 44.4 Å². The Bertz CT molecular complexity index is 1920. The minimum Gasteiger partial charge on any atom is -0.456 e. The topological polar surface area (TPSA) is 215 Å². The molecule has 5 N–H and O–H groups in total. The van der Waals surface area contributed by atoms with Gasteiger partial charge in [-0.05, 0) is 54.0 Å². The predicted molar refractivity (Wildman–Crippen MR) is 200 cm³/mol. The Morgan fingerprint density at radius 2 is 1.68 bits per heavy atom. The molecule has 1 aliphatic heterocycles. The number of ether oxygens (including phenoxy) is 4. The van der Waals surface area contributed by atoms with Crippen LogP contribution in [0.3, 0.4) is 0 Å². The Balaban J connectivity index is 1.49. The molecular weight excluding hydrogens is 747 g/mol. The first-order chi connectivity index (χ1) is 26.0. The molecule has 3 aliphatic carbocycles. The van der Waals surface area contributed by atoms with Gasteiger partial charge in [0.2, 0.25) is 0 Å². The van der Waals surface area contributed by atoms with E-state index in [-0.39, 0.29) is 29.7 Å². The lowest BCUT2D eigenvalue weighted by atomic mass is 9.44. The van der Waals surface area contributed by atoms with Crippen LogP contribution in [0.5, 0.6) is 0 Å². The van der Waals surface area contributed by atoms with Crippen LogP contribution >= 0.6 is 11.3 Å². The zero-order valence-electron chi connectivity index (χ0n) is 32.7. The summed E-state index contributed by atoms with van der Waals surface area (Å²) in [6.45, 7) is 12.1. The number of carbonyl (C=O) groups is 5. The van der Waals surface area contributed by atoms with Gasteiger partial charge in [0, 0.05) is 36.1 Å². The maximum absolute atomic E-state index is 14.9. The van der Waals surface area contributed by atoms with Crippen LogP contribution in [0.15, 0.2) is 58.3 Å². The van der Waals surface area contributed by atoms with Gasteiger partial charge in [0.05, 0.1) is 35.6 Å². The lowest BCUT2D eigenvalue weighted by molar-refractivity contribution is -0.346. The van der Waals surface area contributed by atoms with E-state index in [4.69, 9.17) is 18.9 Å². The molecule has 4 aliphatic rings. The molecule has 6 rings (SSSR count). The lowest BCUT2D eigenvalue weighted by Gasteiger charge is -2.67. The summed E-state index contributed by atoms with van der Waals surface area (Å²) in [7, 11) is 0. The molecule has 3 fully saturated rings. The lowest BCUT2D eigenvalue weighted by Crippen LogP contribution is -2.81. The van der Waals surface area contributed by atoms with Crippen molar-refractivity contribution in [3.63, 3.8) is 0 Å². The Morgan fingerprint density at radius 3 is 2.23 bits per heavy atom. The number of hydrogen-bond acceptors (Lipinski definition) is 14. The van der Waals surface area contributed by atoms with Gasteiger partial charge < -0.3 is 44.7 Å². The van der Waals surface area contributed by atoms with Crippen LogP contribution in [0, 0.1) is 22.2 Å². The highest BCUT2D eigenvalue weighted by molar-refractivity contribution is 7.08.